The van der Waals surface area contributed by atoms with Crippen LogP contribution < -0.4 is 10.5 Å². The number of nitrogens with two attached hydrogens (primary N) is 1. The van der Waals surface area contributed by atoms with E-state index in [-0.39, 0.29) is 12.0 Å². The van der Waals surface area contributed by atoms with Gasteiger partial charge in [0.05, 0.1) is 15.3 Å². The van der Waals surface area contributed by atoms with E-state index in [2.05, 4.69) is 6.07 Å². The Morgan fingerprint density at radius 1 is 1.32 bits per heavy atom. The van der Waals surface area contributed by atoms with Gasteiger partial charge in [-0.15, -0.1) is 11.3 Å². The third-order valence-electron chi connectivity index (χ3n) is 3.48. The molecule has 100 valence electrons. The summed E-state index contributed by atoms with van der Waals surface area (Å²) >= 11 is 13.6. The van der Waals surface area contributed by atoms with Gasteiger partial charge in [0.1, 0.15) is 5.75 Å². The maximum Gasteiger partial charge on any atom is 0.122 e. The molecule has 1 aromatic carbocycles. The summed E-state index contributed by atoms with van der Waals surface area (Å²) in [4.78, 5) is 0. The van der Waals surface area contributed by atoms with E-state index < -0.39 is 0 Å². The van der Waals surface area contributed by atoms with Gasteiger partial charge in [-0.05, 0) is 24.1 Å². The molecule has 0 aliphatic carbocycles. The first-order valence-corrected chi connectivity index (χ1v) is 7.66. The molecule has 2 nitrogen and oxygen atoms in total. The first kappa shape index (κ1) is 13.3. The van der Waals surface area contributed by atoms with Crippen molar-refractivity contribution in [1.29, 1.82) is 0 Å². The molecule has 2 aromatic rings. The van der Waals surface area contributed by atoms with Crippen molar-refractivity contribution in [3.8, 4) is 5.75 Å². The summed E-state index contributed by atoms with van der Waals surface area (Å²) in [7, 11) is 0. The molecule has 0 saturated carbocycles. The molecule has 0 amide bonds. The average molecular weight is 314 g/mol. The standard InChI is InChI=1S/C14H13Cl2NOS/c15-12-7-10(14(16)19-12)13(17)9-5-6-18-11-4-2-1-3-8(9)11/h1-4,7,9,13H,5-6,17H2. The zero-order valence-electron chi connectivity index (χ0n) is 10.1. The van der Waals surface area contributed by atoms with Crippen LogP contribution in [0.25, 0.3) is 0 Å². The van der Waals surface area contributed by atoms with Gasteiger partial charge in [-0.2, -0.15) is 0 Å². The van der Waals surface area contributed by atoms with E-state index in [1.807, 2.05) is 24.3 Å². The van der Waals surface area contributed by atoms with Gasteiger partial charge in [-0.25, -0.2) is 0 Å². The molecule has 1 aliphatic rings. The summed E-state index contributed by atoms with van der Waals surface area (Å²) in [6.07, 6.45) is 0.891. The molecule has 19 heavy (non-hydrogen) atoms. The highest BCUT2D eigenvalue weighted by Crippen LogP contribution is 2.44. The number of rotatable bonds is 2. The fourth-order valence-electron chi connectivity index (χ4n) is 2.54. The Morgan fingerprint density at radius 2 is 2.11 bits per heavy atom. The van der Waals surface area contributed by atoms with Crippen molar-refractivity contribution in [1.82, 2.24) is 0 Å². The normalized spacial score (nSPS) is 19.6. The molecule has 2 heterocycles. The minimum atomic E-state index is -0.152. The highest BCUT2D eigenvalue weighted by Gasteiger charge is 2.29. The van der Waals surface area contributed by atoms with Gasteiger partial charge in [0, 0.05) is 17.5 Å². The van der Waals surface area contributed by atoms with Crippen LogP contribution in [0.3, 0.4) is 0 Å². The van der Waals surface area contributed by atoms with Crippen molar-refractivity contribution in [3.63, 3.8) is 0 Å². The lowest BCUT2D eigenvalue weighted by Gasteiger charge is -2.30. The topological polar surface area (TPSA) is 35.2 Å². The minimum absolute atomic E-state index is 0.152. The Kier molecular flexibility index (Phi) is 3.72. The van der Waals surface area contributed by atoms with Crippen LogP contribution in [0.1, 0.15) is 29.5 Å². The quantitative estimate of drug-likeness (QED) is 0.878. The van der Waals surface area contributed by atoms with Crippen LogP contribution in [-0.2, 0) is 0 Å². The first-order valence-electron chi connectivity index (χ1n) is 6.09. The fraction of sp³-hybridized carbons (Fsp3) is 0.286. The molecule has 2 unspecified atom stereocenters. The number of hydrogen-bond acceptors (Lipinski definition) is 3. The van der Waals surface area contributed by atoms with Crippen LogP contribution in [0, 0.1) is 0 Å². The van der Waals surface area contributed by atoms with Crippen molar-refractivity contribution < 1.29 is 4.74 Å². The van der Waals surface area contributed by atoms with Crippen LogP contribution in [0.4, 0.5) is 0 Å². The summed E-state index contributed by atoms with van der Waals surface area (Å²) in [5.74, 6) is 1.14. The zero-order valence-corrected chi connectivity index (χ0v) is 12.4. The van der Waals surface area contributed by atoms with Crippen LogP contribution >= 0.6 is 34.5 Å². The lowest BCUT2D eigenvalue weighted by atomic mass is 9.84. The summed E-state index contributed by atoms with van der Waals surface area (Å²) in [5.41, 5.74) is 8.49. The maximum atomic E-state index is 6.41. The average Bonchev–Trinajstić information content (AvgIpc) is 2.76. The number of fused-ring (bicyclic) bond motifs is 1. The number of hydrogen-bond donors (Lipinski definition) is 1. The molecule has 3 rings (SSSR count). The third-order valence-corrected chi connectivity index (χ3v) is 5.00. The van der Waals surface area contributed by atoms with Gasteiger partial charge in [0.25, 0.3) is 0 Å². The Labute approximate surface area is 126 Å². The van der Waals surface area contributed by atoms with E-state index in [0.717, 1.165) is 23.3 Å². The largest absolute Gasteiger partial charge is 0.493 e. The molecular formula is C14H13Cl2NOS. The van der Waals surface area contributed by atoms with E-state index in [9.17, 15) is 0 Å². The molecule has 2 N–H and O–H groups in total. The molecule has 0 spiro atoms. The van der Waals surface area contributed by atoms with Crippen molar-refractivity contribution in [2.75, 3.05) is 6.61 Å². The van der Waals surface area contributed by atoms with Crippen LogP contribution in [0.2, 0.25) is 8.67 Å². The van der Waals surface area contributed by atoms with E-state index in [1.165, 1.54) is 11.3 Å². The molecule has 2 atom stereocenters. The summed E-state index contributed by atoms with van der Waals surface area (Å²) in [6.45, 7) is 0.685. The van der Waals surface area contributed by atoms with E-state index in [1.54, 1.807) is 0 Å². The monoisotopic (exact) mass is 313 g/mol. The second-order valence-electron chi connectivity index (χ2n) is 4.59. The number of thiophene rings is 1. The number of para-hydroxylation sites is 1. The number of ether oxygens (including phenoxy) is 1. The molecule has 5 heteroatoms. The maximum absolute atomic E-state index is 6.41. The molecule has 1 aromatic heterocycles. The molecule has 0 bridgehead atoms. The predicted octanol–water partition coefficient (Wildman–Crippen LogP) is 4.62. The Hall–Kier alpha value is -0.740. The lowest BCUT2D eigenvalue weighted by molar-refractivity contribution is 0.256. The molecular weight excluding hydrogens is 301 g/mol. The fourth-order valence-corrected chi connectivity index (χ4v) is 4.11. The van der Waals surface area contributed by atoms with E-state index >= 15 is 0 Å². The van der Waals surface area contributed by atoms with Gasteiger partial charge in [-0.1, -0.05) is 41.4 Å². The SMILES string of the molecule is NC(c1cc(Cl)sc1Cl)C1CCOc2ccccc21. The molecule has 0 fully saturated rings. The highest BCUT2D eigenvalue weighted by atomic mass is 35.5. The molecule has 1 aliphatic heterocycles. The number of benzene rings is 1. The lowest BCUT2D eigenvalue weighted by Crippen LogP contribution is -2.25. The smallest absolute Gasteiger partial charge is 0.122 e. The summed E-state index contributed by atoms with van der Waals surface area (Å²) in [5, 5.41) is 0. The number of halogens is 2. The highest BCUT2D eigenvalue weighted by molar-refractivity contribution is 7.20. The van der Waals surface area contributed by atoms with Crippen molar-refractivity contribution in [3.05, 3.63) is 50.1 Å². The first-order chi connectivity index (χ1) is 9.16. The van der Waals surface area contributed by atoms with E-state index in [0.29, 0.717) is 15.3 Å². The van der Waals surface area contributed by atoms with E-state index in [4.69, 9.17) is 33.7 Å². The Morgan fingerprint density at radius 3 is 2.84 bits per heavy atom. The van der Waals surface area contributed by atoms with Crippen LogP contribution in [0.5, 0.6) is 5.75 Å². The summed E-state index contributed by atoms with van der Waals surface area (Å²) in [6, 6.07) is 9.76. The van der Waals surface area contributed by atoms with Gasteiger partial charge in [-0.3, -0.25) is 0 Å². The van der Waals surface area contributed by atoms with Gasteiger partial charge in [0.15, 0.2) is 0 Å². The van der Waals surface area contributed by atoms with Gasteiger partial charge < -0.3 is 10.5 Å². The molecule has 0 saturated heterocycles. The van der Waals surface area contributed by atoms with Crippen molar-refractivity contribution in [2.45, 2.75) is 18.4 Å². The van der Waals surface area contributed by atoms with Gasteiger partial charge >= 0.3 is 0 Å². The van der Waals surface area contributed by atoms with Crippen LogP contribution in [-0.4, -0.2) is 6.61 Å². The third kappa shape index (κ3) is 2.48. The van der Waals surface area contributed by atoms with Crippen molar-refractivity contribution >= 4 is 34.5 Å². The van der Waals surface area contributed by atoms with Crippen LogP contribution in [0.15, 0.2) is 30.3 Å². The van der Waals surface area contributed by atoms with Gasteiger partial charge in [0.2, 0.25) is 0 Å². The Balaban J connectivity index is 1.97. The second kappa shape index (κ2) is 5.33. The molecule has 0 radical (unpaired) electrons. The minimum Gasteiger partial charge on any atom is -0.493 e. The van der Waals surface area contributed by atoms with Crippen molar-refractivity contribution in [2.24, 2.45) is 5.73 Å². The second-order valence-corrected chi connectivity index (χ2v) is 6.87. The predicted molar refractivity (Wildman–Crippen MR) is 80.6 cm³/mol. The Bertz CT molecular complexity index is 599. The summed E-state index contributed by atoms with van der Waals surface area (Å²) < 4.78 is 7.02. The zero-order chi connectivity index (χ0) is 13.4.